The molecule has 0 N–H and O–H groups in total. The Morgan fingerprint density at radius 1 is 0.293 bits per heavy atom. The monoisotopic (exact) mass is 747 g/mol. The van der Waals surface area contributed by atoms with E-state index in [1.54, 1.807) is 0 Å². The molecule has 0 aliphatic rings. The zero-order valence-corrected chi connectivity index (χ0v) is 27.0. The summed E-state index contributed by atoms with van der Waals surface area (Å²) in [5.74, 6) is 0. The molecule has 41 heavy (non-hydrogen) atoms. The molecule has 1 radical (unpaired) electrons. The van der Waals surface area contributed by atoms with Crippen LogP contribution in [0.1, 0.15) is 0 Å². The number of benzene rings is 6. The molecule has 0 spiro atoms. The van der Waals surface area contributed by atoms with Crippen LogP contribution in [-0.2, 0) is 20.1 Å². The second kappa shape index (κ2) is 13.0. The van der Waals surface area contributed by atoms with Gasteiger partial charge in [0, 0.05) is 20.1 Å². The van der Waals surface area contributed by atoms with Crippen LogP contribution in [0.5, 0.6) is 0 Å². The summed E-state index contributed by atoms with van der Waals surface area (Å²) in [6.07, 6.45) is 0. The maximum absolute atomic E-state index is 16.4. The molecule has 6 rings (SSSR count). The Kier molecular flexibility index (Phi) is 9.19. The Balaban J connectivity index is 0.00000337. The van der Waals surface area contributed by atoms with E-state index in [4.69, 9.17) is 0 Å². The minimum atomic E-state index is -3.29. The summed E-state index contributed by atoms with van der Waals surface area (Å²) < 4.78 is 0. The van der Waals surface area contributed by atoms with Gasteiger partial charge in [-0.05, 0) is 0 Å². The van der Waals surface area contributed by atoms with Crippen molar-refractivity contribution in [3.8, 4) is 0 Å². The van der Waals surface area contributed by atoms with Crippen molar-refractivity contribution < 1.29 is 24.9 Å². The van der Waals surface area contributed by atoms with Gasteiger partial charge >= 0.3 is 238 Å². The van der Waals surface area contributed by atoms with E-state index >= 15 is 4.79 Å². The molecular formula is C37H32IrOP2. The van der Waals surface area contributed by atoms with Crippen molar-refractivity contribution in [3.05, 3.63) is 182 Å². The van der Waals surface area contributed by atoms with Gasteiger partial charge in [0.05, 0.1) is 0 Å². The topological polar surface area (TPSA) is 17.1 Å². The van der Waals surface area contributed by atoms with Crippen LogP contribution >= 0.6 is 14.5 Å². The first kappa shape index (κ1) is 29.0. The maximum atomic E-state index is 16.4. The summed E-state index contributed by atoms with van der Waals surface area (Å²) in [6, 6.07) is 63.2. The summed E-state index contributed by atoms with van der Waals surface area (Å²) in [6.45, 7) is 0. The smallest absolute Gasteiger partial charge is 0 e. The van der Waals surface area contributed by atoms with Crippen molar-refractivity contribution in [1.82, 2.24) is 0 Å². The van der Waals surface area contributed by atoms with Crippen LogP contribution in [-0.4, -0.2) is 5.27 Å². The summed E-state index contributed by atoms with van der Waals surface area (Å²) >= 11 is 0. The third-order valence-corrected chi connectivity index (χ3v) is 18.7. The number of hydrogen-bond donors (Lipinski definition) is 0. The molecule has 0 fully saturated rings. The molecule has 1 nitrogen and oxygen atoms in total. The van der Waals surface area contributed by atoms with Gasteiger partial charge < -0.3 is 0 Å². The van der Waals surface area contributed by atoms with Gasteiger partial charge in [0.2, 0.25) is 0 Å². The third-order valence-electron chi connectivity index (χ3n) is 7.92. The summed E-state index contributed by atoms with van der Waals surface area (Å²) in [4.78, 5) is 16.4. The molecule has 0 unspecified atom stereocenters. The Labute approximate surface area is 257 Å². The number of hydrogen-bond acceptors (Lipinski definition) is 1. The van der Waals surface area contributed by atoms with E-state index in [1.807, 2.05) is 36.4 Å². The molecule has 4 heteroatoms. The first-order valence-electron chi connectivity index (χ1n) is 13.7. The van der Waals surface area contributed by atoms with E-state index in [1.165, 1.54) is 0 Å². The molecule has 0 heterocycles. The molecule has 0 aliphatic heterocycles. The standard InChI is InChI=1S/C37H32OP2.Ir/c38-37(39(31-19-7-1-8-20-31,32-21-9-2-10-22-32)33-23-11-3-12-24-33)40(34-25-13-4-14-26-34,35-27-15-5-16-28-35)36-29-17-6-18-30-36;/h1-30,39-40H;. The van der Waals surface area contributed by atoms with E-state index in [0.717, 1.165) is 31.8 Å². The van der Waals surface area contributed by atoms with Crippen LogP contribution in [0, 0.1) is 0 Å². The maximum Gasteiger partial charge on any atom is 0 e. The Morgan fingerprint density at radius 3 is 0.585 bits per heavy atom. The number of carbonyl (C=O) groups excluding carboxylic acids is 1. The number of carbonyl (C=O) groups is 1. The summed E-state index contributed by atoms with van der Waals surface area (Å²) in [7, 11) is -6.58. The fraction of sp³-hybridized carbons (Fsp3) is 0. The van der Waals surface area contributed by atoms with E-state index < -0.39 is 14.5 Å². The van der Waals surface area contributed by atoms with Crippen molar-refractivity contribution in [2.45, 2.75) is 0 Å². The molecule has 0 amide bonds. The predicted molar refractivity (Wildman–Crippen MR) is 178 cm³/mol. The normalized spacial score (nSPS) is 12.1. The van der Waals surface area contributed by atoms with Gasteiger partial charge in [-0.25, -0.2) is 0 Å². The molecule has 0 atom stereocenters. The zero-order valence-electron chi connectivity index (χ0n) is 22.6. The van der Waals surface area contributed by atoms with Gasteiger partial charge in [0.25, 0.3) is 0 Å². The van der Waals surface area contributed by atoms with Crippen LogP contribution < -0.4 is 31.8 Å². The molecule has 6 aromatic rings. The van der Waals surface area contributed by atoms with Crippen LogP contribution in [0.25, 0.3) is 0 Å². The van der Waals surface area contributed by atoms with Crippen LogP contribution in [0.15, 0.2) is 182 Å². The van der Waals surface area contributed by atoms with Gasteiger partial charge in [-0.15, -0.1) is 0 Å². The van der Waals surface area contributed by atoms with Crippen LogP contribution in [0.3, 0.4) is 0 Å². The fourth-order valence-corrected chi connectivity index (χ4v) is 18.8. The second-order valence-electron chi connectivity index (χ2n) is 10.0. The van der Waals surface area contributed by atoms with Crippen molar-refractivity contribution >= 4 is 51.6 Å². The average molecular weight is 747 g/mol. The molecule has 0 saturated carbocycles. The van der Waals surface area contributed by atoms with Gasteiger partial charge in [-0.3, -0.25) is 0 Å². The molecule has 205 valence electrons. The first-order chi connectivity index (χ1) is 19.8. The molecule has 0 saturated heterocycles. The molecule has 6 aromatic carbocycles. The Hall–Kier alpha value is -3.50. The van der Waals surface area contributed by atoms with Gasteiger partial charge in [0.15, 0.2) is 0 Å². The van der Waals surface area contributed by atoms with E-state index in [2.05, 4.69) is 146 Å². The van der Waals surface area contributed by atoms with Crippen molar-refractivity contribution in [3.63, 3.8) is 0 Å². The zero-order chi connectivity index (χ0) is 27.3. The van der Waals surface area contributed by atoms with Gasteiger partial charge in [-0.1, -0.05) is 0 Å². The van der Waals surface area contributed by atoms with Gasteiger partial charge in [0.1, 0.15) is 0 Å². The second-order valence-corrected chi connectivity index (χ2v) is 17.9. The molecule has 0 aromatic heterocycles. The van der Waals surface area contributed by atoms with E-state index in [-0.39, 0.29) is 20.1 Å². The molecule has 0 aliphatic carbocycles. The first-order valence-corrected chi connectivity index (χ1v) is 17.7. The summed E-state index contributed by atoms with van der Waals surface area (Å²) in [5.41, 5.74) is 0. The van der Waals surface area contributed by atoms with Crippen LogP contribution in [0.2, 0.25) is 0 Å². The van der Waals surface area contributed by atoms with Crippen molar-refractivity contribution in [1.29, 1.82) is 0 Å². The Morgan fingerprint density at radius 2 is 0.439 bits per heavy atom. The minimum absolute atomic E-state index is 0. The Bertz CT molecular complexity index is 1360. The average Bonchev–Trinajstić information content (AvgIpc) is 3.05. The quantitative estimate of drug-likeness (QED) is 0.162. The van der Waals surface area contributed by atoms with Gasteiger partial charge in [-0.2, -0.15) is 0 Å². The SMILES string of the molecule is O=C([PH](c1ccccc1)(c1ccccc1)c1ccccc1)[PH](c1ccccc1)(c1ccccc1)c1ccccc1.[Ir]. The van der Waals surface area contributed by atoms with Crippen LogP contribution in [0.4, 0.5) is 4.79 Å². The predicted octanol–water partition coefficient (Wildman–Crippen LogP) is 6.56. The fourth-order valence-electron chi connectivity index (χ4n) is 6.20. The molecule has 0 bridgehead atoms. The third kappa shape index (κ3) is 5.08. The van der Waals surface area contributed by atoms with Crippen molar-refractivity contribution in [2.24, 2.45) is 0 Å². The van der Waals surface area contributed by atoms with E-state index in [0.29, 0.717) is 5.27 Å². The largest absolute Gasteiger partial charge is 0 e. The molecular weight excluding hydrogens is 715 g/mol. The number of rotatable bonds is 8. The van der Waals surface area contributed by atoms with E-state index in [9.17, 15) is 0 Å². The summed E-state index contributed by atoms with van der Waals surface area (Å²) in [5, 5.41) is 7.00. The minimum Gasteiger partial charge on any atom is 0 e. The van der Waals surface area contributed by atoms with Crippen molar-refractivity contribution in [2.75, 3.05) is 0 Å².